The molecule has 3 rings (SSSR count). The fourth-order valence-electron chi connectivity index (χ4n) is 3.49. The molecule has 1 aromatic heterocycles. The average molecular weight is 328 g/mol. The van der Waals surface area contributed by atoms with Crippen molar-refractivity contribution in [1.29, 1.82) is 0 Å². The van der Waals surface area contributed by atoms with Gasteiger partial charge in [-0.1, -0.05) is 19.1 Å². The lowest BCUT2D eigenvalue weighted by Gasteiger charge is -2.33. The minimum Gasteiger partial charge on any atom is -0.377 e. The lowest BCUT2D eigenvalue weighted by Crippen LogP contribution is -2.42. The number of aromatic nitrogens is 3. The molecule has 0 radical (unpaired) electrons. The topological polar surface area (TPSA) is 66.0 Å². The molecule has 2 aromatic rings. The van der Waals surface area contributed by atoms with Crippen LogP contribution in [0.3, 0.4) is 0 Å². The van der Waals surface area contributed by atoms with Crippen molar-refractivity contribution in [2.45, 2.75) is 64.5 Å². The van der Waals surface area contributed by atoms with E-state index in [2.05, 4.69) is 43.2 Å². The number of ether oxygens (including phenoxy) is 1. The molecule has 2 N–H and O–H groups in total. The number of aryl methyl sites for hydroxylation is 2. The molecule has 0 bridgehead atoms. The Kier molecular flexibility index (Phi) is 5.31. The first-order chi connectivity index (χ1) is 11.6. The zero-order chi connectivity index (χ0) is 17.1. The van der Waals surface area contributed by atoms with E-state index >= 15 is 0 Å². The summed E-state index contributed by atoms with van der Waals surface area (Å²) in [6.07, 6.45) is 4.07. The molecule has 0 saturated heterocycles. The Morgan fingerprint density at radius 2 is 2.12 bits per heavy atom. The van der Waals surface area contributed by atoms with Gasteiger partial charge in [-0.25, -0.2) is 9.67 Å². The minimum absolute atomic E-state index is 0.117. The van der Waals surface area contributed by atoms with Crippen LogP contribution in [0.1, 0.15) is 55.7 Å². The molecule has 0 amide bonds. The maximum Gasteiger partial charge on any atom is 0.148 e. The standard InChI is InChI=1S/C19H28N4O/c1-4-10-24-18-12-15(8-9-17(18)20)19-21-14(3)22-23(19)16-7-5-6-13(2)11-16/h5-7,11,15,17-18H,4,8-10,12,20H2,1-3H3/t15-,17+,18+/m0/s1. The maximum absolute atomic E-state index is 6.27. The van der Waals surface area contributed by atoms with Gasteiger partial charge >= 0.3 is 0 Å². The predicted molar refractivity (Wildman–Crippen MR) is 95.4 cm³/mol. The van der Waals surface area contributed by atoms with Crippen molar-refractivity contribution < 1.29 is 4.74 Å². The van der Waals surface area contributed by atoms with Crippen LogP contribution in [0.2, 0.25) is 0 Å². The van der Waals surface area contributed by atoms with Crippen LogP contribution >= 0.6 is 0 Å². The Morgan fingerprint density at radius 1 is 1.29 bits per heavy atom. The van der Waals surface area contributed by atoms with Crippen LogP contribution in [0, 0.1) is 13.8 Å². The van der Waals surface area contributed by atoms with E-state index in [-0.39, 0.29) is 12.1 Å². The van der Waals surface area contributed by atoms with Crippen molar-refractivity contribution in [3.8, 4) is 5.69 Å². The Labute approximate surface area is 144 Å². The molecule has 0 unspecified atom stereocenters. The summed E-state index contributed by atoms with van der Waals surface area (Å²) >= 11 is 0. The van der Waals surface area contributed by atoms with Crippen LogP contribution in [0.15, 0.2) is 24.3 Å². The van der Waals surface area contributed by atoms with E-state index in [1.165, 1.54) is 5.56 Å². The molecule has 1 heterocycles. The predicted octanol–water partition coefficient (Wildman–Crippen LogP) is 3.27. The SMILES string of the molecule is CCCO[C@@H]1C[C@@H](c2nc(C)nn2-c2cccc(C)c2)CC[C@H]1N. The summed E-state index contributed by atoms with van der Waals surface area (Å²) in [7, 11) is 0. The van der Waals surface area contributed by atoms with Crippen LogP contribution in [0.25, 0.3) is 5.69 Å². The Balaban J connectivity index is 1.87. The largest absolute Gasteiger partial charge is 0.377 e. The van der Waals surface area contributed by atoms with Gasteiger partial charge in [0.15, 0.2) is 0 Å². The van der Waals surface area contributed by atoms with Crippen LogP contribution in [-0.4, -0.2) is 33.5 Å². The number of hydrogen-bond donors (Lipinski definition) is 1. The number of nitrogens with two attached hydrogens (primary N) is 1. The van der Waals surface area contributed by atoms with Gasteiger partial charge in [-0.15, -0.1) is 0 Å². The van der Waals surface area contributed by atoms with Gasteiger partial charge in [0.2, 0.25) is 0 Å². The highest BCUT2D eigenvalue weighted by Gasteiger charge is 2.32. The first-order valence-electron chi connectivity index (χ1n) is 8.96. The molecule has 1 aliphatic carbocycles. The molecule has 1 saturated carbocycles. The molecule has 3 atom stereocenters. The number of hydrogen-bond acceptors (Lipinski definition) is 4. The van der Waals surface area contributed by atoms with Crippen molar-refractivity contribution in [1.82, 2.24) is 14.8 Å². The molecule has 130 valence electrons. The molecule has 1 fully saturated rings. The third-order valence-electron chi connectivity index (χ3n) is 4.73. The first-order valence-corrected chi connectivity index (χ1v) is 8.96. The second kappa shape index (κ2) is 7.45. The molecule has 5 heteroatoms. The molecule has 1 aromatic carbocycles. The number of nitrogens with zero attached hydrogens (tertiary/aromatic N) is 3. The van der Waals surface area contributed by atoms with Gasteiger partial charge in [0, 0.05) is 18.6 Å². The summed E-state index contributed by atoms with van der Waals surface area (Å²) in [6.45, 7) is 6.95. The summed E-state index contributed by atoms with van der Waals surface area (Å²) in [5, 5.41) is 4.64. The van der Waals surface area contributed by atoms with E-state index in [9.17, 15) is 0 Å². The summed E-state index contributed by atoms with van der Waals surface area (Å²) < 4.78 is 7.99. The Bertz CT molecular complexity index is 682. The highest BCUT2D eigenvalue weighted by molar-refractivity contribution is 5.36. The van der Waals surface area contributed by atoms with E-state index in [4.69, 9.17) is 15.5 Å². The smallest absolute Gasteiger partial charge is 0.148 e. The molecule has 1 aliphatic rings. The van der Waals surface area contributed by atoms with E-state index in [1.54, 1.807) is 0 Å². The molecule has 5 nitrogen and oxygen atoms in total. The van der Waals surface area contributed by atoms with Gasteiger partial charge < -0.3 is 10.5 Å². The highest BCUT2D eigenvalue weighted by atomic mass is 16.5. The molecular formula is C19H28N4O. The summed E-state index contributed by atoms with van der Waals surface area (Å²) in [5.41, 5.74) is 8.57. The fraction of sp³-hybridized carbons (Fsp3) is 0.579. The molecule has 0 aliphatic heterocycles. The van der Waals surface area contributed by atoms with Crippen molar-refractivity contribution >= 4 is 0 Å². The third kappa shape index (κ3) is 3.68. The fourth-order valence-corrected chi connectivity index (χ4v) is 3.49. The van der Waals surface area contributed by atoms with Gasteiger partial charge in [-0.2, -0.15) is 5.10 Å². The minimum atomic E-state index is 0.117. The Morgan fingerprint density at radius 3 is 2.88 bits per heavy atom. The number of rotatable bonds is 5. The van der Waals surface area contributed by atoms with Crippen molar-refractivity contribution in [2.24, 2.45) is 5.73 Å². The normalized spacial score (nSPS) is 24.2. The van der Waals surface area contributed by atoms with E-state index in [0.29, 0.717) is 5.92 Å². The second-order valence-electron chi connectivity index (χ2n) is 6.85. The van der Waals surface area contributed by atoms with Gasteiger partial charge in [-0.05, 0) is 57.2 Å². The zero-order valence-corrected chi connectivity index (χ0v) is 14.9. The van der Waals surface area contributed by atoms with Crippen LogP contribution in [0.4, 0.5) is 0 Å². The summed E-state index contributed by atoms with van der Waals surface area (Å²) in [6, 6.07) is 8.53. The van der Waals surface area contributed by atoms with Crippen molar-refractivity contribution in [3.63, 3.8) is 0 Å². The monoisotopic (exact) mass is 328 g/mol. The van der Waals surface area contributed by atoms with Crippen LogP contribution in [0.5, 0.6) is 0 Å². The van der Waals surface area contributed by atoms with Crippen molar-refractivity contribution in [3.05, 3.63) is 41.5 Å². The number of benzene rings is 1. The van der Waals surface area contributed by atoms with Gasteiger partial charge in [0.1, 0.15) is 11.6 Å². The molecule has 0 spiro atoms. The second-order valence-corrected chi connectivity index (χ2v) is 6.85. The van der Waals surface area contributed by atoms with E-state index < -0.39 is 0 Å². The van der Waals surface area contributed by atoms with Gasteiger partial charge in [0.05, 0.1) is 11.8 Å². The first kappa shape index (κ1) is 17.1. The summed E-state index contributed by atoms with van der Waals surface area (Å²) in [5.74, 6) is 2.19. The van der Waals surface area contributed by atoms with Crippen LogP contribution in [-0.2, 0) is 4.74 Å². The molecule has 24 heavy (non-hydrogen) atoms. The van der Waals surface area contributed by atoms with Gasteiger partial charge in [0.25, 0.3) is 0 Å². The summed E-state index contributed by atoms with van der Waals surface area (Å²) in [4.78, 5) is 4.74. The average Bonchev–Trinajstić information content (AvgIpc) is 2.96. The zero-order valence-electron chi connectivity index (χ0n) is 14.9. The lowest BCUT2D eigenvalue weighted by atomic mass is 9.83. The third-order valence-corrected chi connectivity index (χ3v) is 4.73. The highest BCUT2D eigenvalue weighted by Crippen LogP contribution is 2.34. The van der Waals surface area contributed by atoms with Gasteiger partial charge in [-0.3, -0.25) is 0 Å². The quantitative estimate of drug-likeness (QED) is 0.915. The molecular weight excluding hydrogens is 300 g/mol. The lowest BCUT2D eigenvalue weighted by molar-refractivity contribution is 0.00883. The Hall–Kier alpha value is -1.72. The maximum atomic E-state index is 6.27. The van der Waals surface area contributed by atoms with Crippen LogP contribution < -0.4 is 5.73 Å². The van der Waals surface area contributed by atoms with E-state index in [1.807, 2.05) is 11.6 Å². The van der Waals surface area contributed by atoms with E-state index in [0.717, 1.165) is 49.6 Å². The van der Waals surface area contributed by atoms with Crippen molar-refractivity contribution in [2.75, 3.05) is 6.61 Å².